The van der Waals surface area contributed by atoms with Crippen LogP contribution in [0.2, 0.25) is 0 Å². The molecule has 0 aromatic carbocycles. The third kappa shape index (κ3) is 5.04. The molecule has 0 amide bonds. The van der Waals surface area contributed by atoms with Crippen molar-refractivity contribution in [2.24, 2.45) is 5.92 Å². The molecule has 1 saturated heterocycles. The first-order valence-electron chi connectivity index (χ1n) is 8.92. The maximum atomic E-state index is 13.9. The standard InChI is InChI=1S/C19H17Cl2F5N2O3/c1-8(2)6-9-11(10(7-27)15-18(20,21)4-5-31-15)14(19(24,25)26)28-13(16(22)23)12(9)17(29)30-3/h8,16H,4-6H2,1-3H3. The number of hydrogen-bond donors (Lipinski definition) is 0. The lowest BCUT2D eigenvalue weighted by Gasteiger charge is -2.23. The van der Waals surface area contributed by atoms with E-state index in [2.05, 4.69) is 9.72 Å². The molecule has 1 aromatic rings. The molecule has 0 saturated carbocycles. The number of alkyl halides is 7. The molecule has 0 atom stereocenters. The van der Waals surface area contributed by atoms with Gasteiger partial charge in [-0.2, -0.15) is 18.4 Å². The van der Waals surface area contributed by atoms with E-state index in [1.807, 2.05) is 0 Å². The van der Waals surface area contributed by atoms with Gasteiger partial charge in [-0.25, -0.2) is 18.6 Å². The summed E-state index contributed by atoms with van der Waals surface area (Å²) in [6.07, 6.45) is -9.07. The van der Waals surface area contributed by atoms with Crippen molar-refractivity contribution in [2.75, 3.05) is 13.7 Å². The van der Waals surface area contributed by atoms with E-state index in [-0.39, 0.29) is 19.4 Å². The Morgan fingerprint density at radius 3 is 2.32 bits per heavy atom. The molecule has 0 aliphatic carbocycles. The summed E-state index contributed by atoms with van der Waals surface area (Å²) in [5.41, 5.74) is -6.08. The van der Waals surface area contributed by atoms with Gasteiger partial charge in [0.25, 0.3) is 6.43 Å². The SMILES string of the molecule is COC(=O)c1c(C(F)F)nc(C(F)(F)F)c(C(C#N)=C2OCCC2(Cl)Cl)c1CC(C)C. The van der Waals surface area contributed by atoms with E-state index in [0.717, 1.165) is 7.11 Å². The molecule has 1 aliphatic heterocycles. The largest absolute Gasteiger partial charge is 0.493 e. The van der Waals surface area contributed by atoms with Gasteiger partial charge in [0, 0.05) is 12.0 Å². The van der Waals surface area contributed by atoms with E-state index < -0.39 is 68.2 Å². The van der Waals surface area contributed by atoms with Crippen molar-refractivity contribution in [1.82, 2.24) is 4.98 Å². The number of pyridine rings is 1. The van der Waals surface area contributed by atoms with Gasteiger partial charge in [0.15, 0.2) is 15.8 Å². The minimum absolute atomic E-state index is 0.0239. The second kappa shape index (κ2) is 9.17. The van der Waals surface area contributed by atoms with Gasteiger partial charge in [0.2, 0.25) is 0 Å². The Morgan fingerprint density at radius 1 is 1.32 bits per heavy atom. The van der Waals surface area contributed by atoms with E-state index in [9.17, 15) is 32.0 Å². The van der Waals surface area contributed by atoms with Gasteiger partial charge in [-0.1, -0.05) is 37.0 Å². The zero-order chi connectivity index (χ0) is 23.7. The van der Waals surface area contributed by atoms with Crippen molar-refractivity contribution in [3.8, 4) is 6.07 Å². The summed E-state index contributed by atoms with van der Waals surface area (Å²) in [4.78, 5) is 15.4. The quantitative estimate of drug-likeness (QED) is 0.226. The molecule has 0 N–H and O–H groups in total. The van der Waals surface area contributed by atoms with E-state index >= 15 is 0 Å². The first-order chi connectivity index (χ1) is 14.3. The van der Waals surface area contributed by atoms with Crippen LogP contribution in [0.5, 0.6) is 0 Å². The highest BCUT2D eigenvalue weighted by atomic mass is 35.5. The van der Waals surface area contributed by atoms with Crippen LogP contribution in [0.3, 0.4) is 0 Å². The Morgan fingerprint density at radius 2 is 1.94 bits per heavy atom. The number of allylic oxidation sites excluding steroid dienone is 2. The van der Waals surface area contributed by atoms with Crippen molar-refractivity contribution in [1.29, 1.82) is 5.26 Å². The van der Waals surface area contributed by atoms with Crippen LogP contribution in [0.25, 0.3) is 5.57 Å². The highest BCUT2D eigenvalue weighted by molar-refractivity contribution is 6.51. The first kappa shape index (κ1) is 25.1. The van der Waals surface area contributed by atoms with Gasteiger partial charge in [0.1, 0.15) is 17.3 Å². The third-order valence-corrected chi connectivity index (χ3v) is 5.11. The summed E-state index contributed by atoms with van der Waals surface area (Å²) in [7, 11) is 0.889. The molecule has 5 nitrogen and oxygen atoms in total. The predicted octanol–water partition coefficient (Wildman–Crippen LogP) is 5.85. The van der Waals surface area contributed by atoms with Crippen molar-refractivity contribution in [2.45, 2.75) is 43.6 Å². The first-order valence-corrected chi connectivity index (χ1v) is 9.68. The number of aromatic nitrogens is 1. The summed E-state index contributed by atoms with van der Waals surface area (Å²) in [5.74, 6) is -2.18. The molecule has 1 aliphatic rings. The highest BCUT2D eigenvalue weighted by Gasteiger charge is 2.46. The zero-order valence-electron chi connectivity index (χ0n) is 16.5. The van der Waals surface area contributed by atoms with Crippen LogP contribution in [0.1, 0.15) is 59.6 Å². The number of esters is 1. The number of methoxy groups -OCH3 is 1. The number of hydrogen-bond acceptors (Lipinski definition) is 5. The fraction of sp³-hybridized carbons (Fsp3) is 0.526. The van der Waals surface area contributed by atoms with Crippen LogP contribution in [0.4, 0.5) is 22.0 Å². The summed E-state index contributed by atoms with van der Waals surface area (Å²) in [6.45, 7) is 3.11. The summed E-state index contributed by atoms with van der Waals surface area (Å²) < 4.78 is 77.1. The average Bonchev–Trinajstić information content (AvgIpc) is 2.99. The second-order valence-corrected chi connectivity index (χ2v) is 8.56. The number of nitrogens with zero attached hydrogens (tertiary/aromatic N) is 2. The van der Waals surface area contributed by atoms with E-state index in [0.29, 0.717) is 0 Å². The maximum Gasteiger partial charge on any atom is 0.434 e. The van der Waals surface area contributed by atoms with Gasteiger partial charge in [-0.15, -0.1) is 0 Å². The molecule has 0 radical (unpaired) electrons. The lowest BCUT2D eigenvalue weighted by molar-refractivity contribution is -0.141. The molecule has 1 aromatic heterocycles. The second-order valence-electron chi connectivity index (χ2n) is 7.08. The number of nitriles is 1. The number of ether oxygens (including phenoxy) is 2. The Kier molecular flexibility index (Phi) is 7.43. The molecular formula is C19H17Cl2F5N2O3. The fourth-order valence-corrected chi connectivity index (χ4v) is 3.66. The molecule has 12 heteroatoms. The molecule has 0 bridgehead atoms. The number of carbonyl (C=O) groups excluding carboxylic acids is 1. The fourth-order valence-electron chi connectivity index (χ4n) is 3.20. The monoisotopic (exact) mass is 486 g/mol. The third-order valence-electron chi connectivity index (χ3n) is 4.39. The predicted molar refractivity (Wildman–Crippen MR) is 102 cm³/mol. The summed E-state index contributed by atoms with van der Waals surface area (Å²) in [5, 5.41) is 9.72. The van der Waals surface area contributed by atoms with Crippen LogP contribution in [0.15, 0.2) is 5.76 Å². The van der Waals surface area contributed by atoms with Crippen molar-refractivity contribution in [3.63, 3.8) is 0 Å². The summed E-state index contributed by atoms with van der Waals surface area (Å²) >= 11 is 12.2. The highest BCUT2D eigenvalue weighted by Crippen LogP contribution is 2.47. The molecule has 2 heterocycles. The van der Waals surface area contributed by atoms with Gasteiger partial charge in [-0.3, -0.25) is 0 Å². The van der Waals surface area contributed by atoms with E-state index in [4.69, 9.17) is 27.9 Å². The molecule has 170 valence electrons. The lowest BCUT2D eigenvalue weighted by Crippen LogP contribution is -2.23. The number of rotatable bonds is 5. The van der Waals surface area contributed by atoms with Crippen molar-refractivity contribution < 1.29 is 36.2 Å². The minimum Gasteiger partial charge on any atom is -0.493 e. The molecule has 31 heavy (non-hydrogen) atoms. The van der Waals surface area contributed by atoms with Crippen LogP contribution in [0, 0.1) is 17.2 Å². The van der Waals surface area contributed by atoms with Crippen LogP contribution in [-0.2, 0) is 22.1 Å². The van der Waals surface area contributed by atoms with Crippen LogP contribution < -0.4 is 0 Å². The number of carbonyl (C=O) groups is 1. The molecule has 0 unspecified atom stereocenters. The lowest BCUT2D eigenvalue weighted by atomic mass is 9.87. The van der Waals surface area contributed by atoms with Crippen LogP contribution in [-0.4, -0.2) is 29.0 Å². The Balaban J connectivity index is 3.15. The topological polar surface area (TPSA) is 72.2 Å². The summed E-state index contributed by atoms with van der Waals surface area (Å²) in [6, 6.07) is 1.58. The van der Waals surface area contributed by atoms with Crippen molar-refractivity contribution in [3.05, 3.63) is 33.8 Å². The molecule has 1 fully saturated rings. The number of halogens is 7. The Labute approximate surface area is 184 Å². The zero-order valence-corrected chi connectivity index (χ0v) is 18.1. The minimum atomic E-state index is -5.25. The van der Waals surface area contributed by atoms with Crippen LogP contribution >= 0.6 is 23.2 Å². The molecule has 2 rings (SSSR count). The average molecular weight is 487 g/mol. The van der Waals surface area contributed by atoms with Gasteiger partial charge in [0.05, 0.1) is 19.3 Å². The Hall–Kier alpha value is -2.12. The normalized spacial score (nSPS) is 17.5. The maximum absolute atomic E-state index is 13.9. The Bertz CT molecular complexity index is 953. The smallest absolute Gasteiger partial charge is 0.434 e. The molecule has 0 spiro atoms. The van der Waals surface area contributed by atoms with Gasteiger partial charge < -0.3 is 9.47 Å². The van der Waals surface area contributed by atoms with Crippen molar-refractivity contribution >= 4 is 34.7 Å². The molecular weight excluding hydrogens is 470 g/mol. The van der Waals surface area contributed by atoms with Gasteiger partial charge in [-0.05, 0) is 17.9 Å². The van der Waals surface area contributed by atoms with Gasteiger partial charge >= 0.3 is 12.1 Å². The van der Waals surface area contributed by atoms with E-state index in [1.54, 1.807) is 19.9 Å². The van der Waals surface area contributed by atoms with E-state index in [1.165, 1.54) is 0 Å².